The summed E-state index contributed by atoms with van der Waals surface area (Å²) in [6, 6.07) is 8.22. The number of sulfonamides is 1. The number of nitrogens with one attached hydrogen (secondary N) is 2. The molecule has 0 fully saturated rings. The van der Waals surface area contributed by atoms with Crippen LogP contribution in [0.2, 0.25) is 0 Å². The molecule has 1 aromatic heterocycles. The highest BCUT2D eigenvalue weighted by Crippen LogP contribution is 2.22. The minimum Gasteiger partial charge on any atom is -0.452 e. The number of hydrogen-bond donors (Lipinski definition) is 2. The van der Waals surface area contributed by atoms with E-state index in [0.717, 1.165) is 21.3 Å². The predicted molar refractivity (Wildman–Crippen MR) is 119 cm³/mol. The van der Waals surface area contributed by atoms with E-state index in [1.165, 1.54) is 38.4 Å². The third-order valence-electron chi connectivity index (χ3n) is 4.72. The molecule has 0 aliphatic carbocycles. The molecule has 3 aromatic rings. The van der Waals surface area contributed by atoms with Crippen LogP contribution >= 0.6 is 0 Å². The molecule has 0 saturated carbocycles. The molecule has 0 spiro atoms. The number of halogens is 2. The van der Waals surface area contributed by atoms with Gasteiger partial charge in [-0.25, -0.2) is 26.8 Å². The minimum atomic E-state index is -4.40. The third-order valence-corrected chi connectivity index (χ3v) is 6.08. The molecule has 0 radical (unpaired) electrons. The molecule has 2 N–H and O–H groups in total. The molecule has 35 heavy (non-hydrogen) atoms. The van der Waals surface area contributed by atoms with Gasteiger partial charge in [0.2, 0.25) is 0 Å². The number of ether oxygens (including phenoxy) is 1. The fourth-order valence-electron chi connectivity index (χ4n) is 2.84. The number of aromatic nitrogens is 2. The first-order valence-corrected chi connectivity index (χ1v) is 11.2. The van der Waals surface area contributed by atoms with Crippen molar-refractivity contribution < 1.29 is 31.5 Å². The lowest BCUT2D eigenvalue weighted by atomic mass is 10.2. The Labute approximate surface area is 196 Å². The fourth-order valence-corrected chi connectivity index (χ4v) is 3.93. The van der Waals surface area contributed by atoms with Gasteiger partial charge in [-0.05, 0) is 30.3 Å². The van der Waals surface area contributed by atoms with Crippen molar-refractivity contribution in [2.45, 2.75) is 4.90 Å². The predicted octanol–water partition coefficient (Wildman–Crippen LogP) is 0.958. The van der Waals surface area contributed by atoms with Crippen LogP contribution in [0, 0.1) is 11.6 Å². The molecule has 1 amide bonds. The molecule has 2 aromatic carbocycles. The lowest BCUT2D eigenvalue weighted by Crippen LogP contribution is -2.38. The highest BCUT2D eigenvalue weighted by atomic mass is 32.2. The van der Waals surface area contributed by atoms with E-state index in [1.807, 2.05) is 0 Å². The van der Waals surface area contributed by atoms with Gasteiger partial charge in [0, 0.05) is 20.2 Å². The van der Waals surface area contributed by atoms with E-state index < -0.39 is 56.3 Å². The number of benzene rings is 2. The molecule has 0 unspecified atom stereocenters. The summed E-state index contributed by atoms with van der Waals surface area (Å²) in [5.74, 6) is -4.69. The van der Waals surface area contributed by atoms with Crippen LogP contribution in [0.25, 0.3) is 0 Å². The van der Waals surface area contributed by atoms with Crippen molar-refractivity contribution in [3.8, 4) is 0 Å². The van der Waals surface area contributed by atoms with Gasteiger partial charge in [0.1, 0.15) is 5.82 Å². The standard InChI is InChI=1S/C21H18F2N4O7S/c1-26-17(10-19(29)27(2)21(26)31)24-18(28)11-34-20(30)13-5-3-4-6-16(13)25-35(32,33)12-7-8-14(22)15(23)9-12/h3-10,25H,11H2,1-2H3,(H,24,28). The fraction of sp³-hybridized carbons (Fsp3) is 0.143. The molecule has 1 heterocycles. The number of carbonyl (C=O) groups excluding carboxylic acids is 2. The molecule has 184 valence electrons. The van der Waals surface area contributed by atoms with E-state index >= 15 is 0 Å². The van der Waals surface area contributed by atoms with E-state index in [9.17, 15) is 36.4 Å². The Bertz CT molecular complexity index is 1550. The van der Waals surface area contributed by atoms with Crippen LogP contribution < -0.4 is 21.3 Å². The van der Waals surface area contributed by atoms with Crippen molar-refractivity contribution in [2.75, 3.05) is 16.6 Å². The molecule has 0 atom stereocenters. The second-order valence-electron chi connectivity index (χ2n) is 7.12. The van der Waals surface area contributed by atoms with Crippen LogP contribution in [0.3, 0.4) is 0 Å². The largest absolute Gasteiger partial charge is 0.452 e. The highest BCUT2D eigenvalue weighted by molar-refractivity contribution is 7.92. The lowest BCUT2D eigenvalue weighted by molar-refractivity contribution is -0.119. The molecule has 0 aliphatic heterocycles. The van der Waals surface area contributed by atoms with Gasteiger partial charge >= 0.3 is 11.7 Å². The third kappa shape index (κ3) is 5.60. The van der Waals surface area contributed by atoms with Crippen molar-refractivity contribution in [1.82, 2.24) is 9.13 Å². The summed E-state index contributed by atoms with van der Waals surface area (Å²) in [4.78, 5) is 47.8. The summed E-state index contributed by atoms with van der Waals surface area (Å²) in [5, 5.41) is 2.27. The molecular weight excluding hydrogens is 490 g/mol. The van der Waals surface area contributed by atoms with Crippen molar-refractivity contribution in [3.63, 3.8) is 0 Å². The summed E-state index contributed by atoms with van der Waals surface area (Å²) in [6.07, 6.45) is 0. The van der Waals surface area contributed by atoms with E-state index in [4.69, 9.17) is 4.74 Å². The summed E-state index contributed by atoms with van der Waals surface area (Å²) < 4.78 is 60.5. The maximum absolute atomic E-state index is 13.5. The monoisotopic (exact) mass is 508 g/mol. The van der Waals surface area contributed by atoms with E-state index in [1.54, 1.807) is 0 Å². The lowest BCUT2D eigenvalue weighted by Gasteiger charge is -2.13. The summed E-state index contributed by atoms with van der Waals surface area (Å²) in [5.41, 5.74) is -1.86. The normalized spacial score (nSPS) is 11.1. The van der Waals surface area contributed by atoms with Gasteiger partial charge in [0.15, 0.2) is 18.2 Å². The molecule has 11 nitrogen and oxygen atoms in total. The van der Waals surface area contributed by atoms with Gasteiger partial charge in [-0.1, -0.05) is 12.1 Å². The Morgan fingerprint density at radius 2 is 1.66 bits per heavy atom. The topological polar surface area (TPSA) is 146 Å². The van der Waals surface area contributed by atoms with Crippen molar-refractivity contribution in [1.29, 1.82) is 0 Å². The van der Waals surface area contributed by atoms with Gasteiger partial charge in [-0.2, -0.15) is 0 Å². The number of nitrogens with zero attached hydrogens (tertiary/aromatic N) is 2. The second kappa shape index (κ2) is 9.89. The number of anilines is 2. The van der Waals surface area contributed by atoms with E-state index in [0.29, 0.717) is 12.1 Å². The van der Waals surface area contributed by atoms with E-state index in [-0.39, 0.29) is 17.1 Å². The van der Waals surface area contributed by atoms with Crippen LogP contribution in [0.15, 0.2) is 63.0 Å². The van der Waals surface area contributed by atoms with E-state index in [2.05, 4.69) is 10.0 Å². The first-order chi connectivity index (χ1) is 16.4. The molecule has 14 heteroatoms. The number of para-hydroxylation sites is 1. The average Bonchev–Trinajstić information content (AvgIpc) is 2.81. The summed E-state index contributed by atoms with van der Waals surface area (Å²) in [6.45, 7) is -0.827. The van der Waals surface area contributed by atoms with Crippen LogP contribution in [0.5, 0.6) is 0 Å². The molecule has 0 saturated heterocycles. The molecule has 0 aliphatic rings. The zero-order chi connectivity index (χ0) is 25.9. The minimum absolute atomic E-state index is 0.126. The first kappa shape index (κ1) is 25.3. The Balaban J connectivity index is 1.73. The molecule has 0 bridgehead atoms. The SMILES string of the molecule is Cn1c(NC(=O)COC(=O)c2ccccc2NS(=O)(=O)c2ccc(F)c(F)c2)cc(=O)n(C)c1=O. The van der Waals surface area contributed by atoms with Gasteiger partial charge in [0.05, 0.1) is 16.1 Å². The average molecular weight is 508 g/mol. The van der Waals surface area contributed by atoms with Crippen LogP contribution in [-0.2, 0) is 33.7 Å². The van der Waals surface area contributed by atoms with Crippen LogP contribution in [-0.4, -0.2) is 36.0 Å². The molecular formula is C21H18F2N4O7S. The zero-order valence-corrected chi connectivity index (χ0v) is 19.1. The highest BCUT2D eigenvalue weighted by Gasteiger charge is 2.21. The summed E-state index contributed by atoms with van der Waals surface area (Å²) in [7, 11) is -1.83. The first-order valence-electron chi connectivity index (χ1n) is 9.71. The Morgan fingerprint density at radius 3 is 2.34 bits per heavy atom. The van der Waals surface area contributed by atoms with Crippen molar-refractivity contribution in [2.24, 2.45) is 14.1 Å². The van der Waals surface area contributed by atoms with Crippen molar-refractivity contribution in [3.05, 3.63) is 86.6 Å². The van der Waals surface area contributed by atoms with Gasteiger partial charge < -0.3 is 10.1 Å². The maximum Gasteiger partial charge on any atom is 0.340 e. The van der Waals surface area contributed by atoms with Gasteiger partial charge in [-0.3, -0.25) is 23.4 Å². The Kier molecular flexibility index (Phi) is 7.14. The number of amides is 1. The number of hydrogen-bond acceptors (Lipinski definition) is 7. The number of carbonyl (C=O) groups is 2. The zero-order valence-electron chi connectivity index (χ0n) is 18.2. The van der Waals surface area contributed by atoms with Crippen LogP contribution in [0.4, 0.5) is 20.3 Å². The van der Waals surface area contributed by atoms with Gasteiger partial charge in [-0.15, -0.1) is 0 Å². The molecule has 3 rings (SSSR count). The van der Waals surface area contributed by atoms with Crippen LogP contribution in [0.1, 0.15) is 10.4 Å². The number of esters is 1. The smallest absolute Gasteiger partial charge is 0.340 e. The summed E-state index contributed by atoms with van der Waals surface area (Å²) >= 11 is 0. The maximum atomic E-state index is 13.5. The Hall–Kier alpha value is -4.33. The second-order valence-corrected chi connectivity index (χ2v) is 8.80. The van der Waals surface area contributed by atoms with Gasteiger partial charge in [0.25, 0.3) is 21.5 Å². The quantitative estimate of drug-likeness (QED) is 0.452. The van der Waals surface area contributed by atoms with Crippen molar-refractivity contribution >= 4 is 33.4 Å². The Morgan fingerprint density at radius 1 is 0.971 bits per heavy atom. The number of rotatable bonds is 7.